The van der Waals surface area contributed by atoms with Gasteiger partial charge in [0.25, 0.3) is 0 Å². The van der Waals surface area contributed by atoms with E-state index in [1.807, 2.05) is 6.92 Å². The monoisotopic (exact) mass is 268 g/mol. The van der Waals surface area contributed by atoms with Crippen LogP contribution in [0.5, 0.6) is 0 Å². The first kappa shape index (κ1) is 14.0. The maximum absolute atomic E-state index is 10.8. The summed E-state index contributed by atoms with van der Waals surface area (Å²) in [7, 11) is 0. The molecule has 1 atom stereocenters. The Morgan fingerprint density at radius 1 is 1.50 bits per heavy atom. The topological polar surface area (TPSA) is 29.5 Å². The normalized spacial score (nSPS) is 30.3. The van der Waals surface area contributed by atoms with E-state index in [1.165, 1.54) is 5.56 Å². The third-order valence-corrected chi connectivity index (χ3v) is 5.27. The second-order valence-corrected chi connectivity index (χ2v) is 6.50. The highest BCUT2D eigenvalue weighted by atomic mass is 32.1. The van der Waals surface area contributed by atoms with Gasteiger partial charge >= 0.3 is 0 Å². The summed E-state index contributed by atoms with van der Waals surface area (Å²) in [5.41, 5.74) is 0.835. The van der Waals surface area contributed by atoms with Gasteiger partial charge in [0.1, 0.15) is 6.10 Å². The van der Waals surface area contributed by atoms with Crippen LogP contribution < -0.4 is 0 Å². The molecule has 1 heterocycles. The summed E-state index contributed by atoms with van der Waals surface area (Å²) < 4.78 is 6.02. The van der Waals surface area contributed by atoms with Crippen molar-refractivity contribution < 1.29 is 9.84 Å². The maximum atomic E-state index is 10.8. The highest BCUT2D eigenvalue weighted by molar-refractivity contribution is 7.10. The van der Waals surface area contributed by atoms with Crippen molar-refractivity contribution in [1.29, 1.82) is 0 Å². The summed E-state index contributed by atoms with van der Waals surface area (Å²) in [5, 5.41) is 12.8. The zero-order chi connectivity index (χ0) is 13.2. The number of aryl methyl sites for hydroxylation is 1. The van der Waals surface area contributed by atoms with Crippen LogP contribution in [-0.2, 0) is 4.74 Å². The molecule has 0 spiro atoms. The van der Waals surface area contributed by atoms with Crippen molar-refractivity contribution in [2.24, 2.45) is 5.92 Å². The van der Waals surface area contributed by atoms with Gasteiger partial charge in [0, 0.05) is 11.5 Å². The average Bonchev–Trinajstić information content (AvgIpc) is 2.78. The molecule has 102 valence electrons. The molecule has 2 rings (SSSR count). The average molecular weight is 268 g/mol. The van der Waals surface area contributed by atoms with Crippen LogP contribution in [0.4, 0.5) is 0 Å². The first-order chi connectivity index (χ1) is 8.59. The molecule has 0 amide bonds. The Morgan fingerprint density at radius 3 is 2.67 bits per heavy atom. The highest BCUT2D eigenvalue weighted by Crippen LogP contribution is 2.45. The molecule has 0 saturated heterocycles. The second-order valence-electron chi connectivity index (χ2n) is 5.55. The molecule has 0 aliphatic heterocycles. The quantitative estimate of drug-likeness (QED) is 0.891. The predicted molar refractivity (Wildman–Crippen MR) is 76.0 cm³/mol. The molecule has 1 aromatic heterocycles. The van der Waals surface area contributed by atoms with Gasteiger partial charge in [0.05, 0.1) is 5.60 Å². The lowest BCUT2D eigenvalue weighted by Crippen LogP contribution is -2.42. The van der Waals surface area contributed by atoms with E-state index >= 15 is 0 Å². The molecular weight excluding hydrogens is 244 g/mol. The molecule has 1 aromatic rings. The Morgan fingerprint density at radius 2 is 2.17 bits per heavy atom. The summed E-state index contributed by atoms with van der Waals surface area (Å²) in [4.78, 5) is 1.08. The number of aliphatic hydroxyl groups excluding tert-OH is 1. The standard InChI is InChI=1S/C15H24O2S/c1-4-17-15(8-5-11(2)6-9-15)14(16)13-12(3)7-10-18-13/h7,10-11,14,16H,4-6,8-9H2,1-3H3. The molecule has 0 aromatic carbocycles. The molecule has 1 fully saturated rings. The first-order valence-electron chi connectivity index (χ1n) is 6.95. The van der Waals surface area contributed by atoms with Crippen LogP contribution in [0, 0.1) is 12.8 Å². The molecule has 3 heteroatoms. The van der Waals surface area contributed by atoms with E-state index in [0.29, 0.717) is 6.61 Å². The van der Waals surface area contributed by atoms with Crippen LogP contribution in [0.2, 0.25) is 0 Å². The highest BCUT2D eigenvalue weighted by Gasteiger charge is 2.42. The molecular formula is C15H24O2S. The van der Waals surface area contributed by atoms with Gasteiger partial charge in [-0.05, 0) is 62.5 Å². The predicted octanol–water partition coefficient (Wildman–Crippen LogP) is 4.08. The third kappa shape index (κ3) is 2.63. The van der Waals surface area contributed by atoms with E-state index in [9.17, 15) is 5.11 Å². The summed E-state index contributed by atoms with van der Waals surface area (Å²) >= 11 is 1.65. The van der Waals surface area contributed by atoms with Crippen LogP contribution in [0.25, 0.3) is 0 Å². The molecule has 1 unspecified atom stereocenters. The van der Waals surface area contributed by atoms with E-state index in [-0.39, 0.29) is 5.60 Å². The van der Waals surface area contributed by atoms with E-state index < -0.39 is 6.10 Å². The fourth-order valence-electron chi connectivity index (χ4n) is 2.94. The largest absolute Gasteiger partial charge is 0.385 e. The van der Waals surface area contributed by atoms with Gasteiger partial charge in [-0.2, -0.15) is 0 Å². The Labute approximate surface area is 114 Å². The van der Waals surface area contributed by atoms with Crippen LogP contribution in [0.15, 0.2) is 11.4 Å². The Bertz CT molecular complexity index is 378. The molecule has 1 aliphatic carbocycles. The minimum atomic E-state index is -0.468. The van der Waals surface area contributed by atoms with Gasteiger partial charge in [-0.1, -0.05) is 6.92 Å². The fourth-order valence-corrected chi connectivity index (χ4v) is 3.95. The lowest BCUT2D eigenvalue weighted by molar-refractivity contribution is -0.145. The number of ether oxygens (including phenoxy) is 1. The molecule has 2 nitrogen and oxygen atoms in total. The van der Waals surface area contributed by atoms with Crippen molar-refractivity contribution in [2.75, 3.05) is 6.61 Å². The zero-order valence-electron chi connectivity index (χ0n) is 11.6. The molecule has 0 bridgehead atoms. The van der Waals surface area contributed by atoms with E-state index in [0.717, 1.165) is 36.5 Å². The van der Waals surface area contributed by atoms with Crippen molar-refractivity contribution in [3.05, 3.63) is 21.9 Å². The number of rotatable bonds is 4. The third-order valence-electron chi connectivity index (χ3n) is 4.20. The van der Waals surface area contributed by atoms with Crippen molar-refractivity contribution in [1.82, 2.24) is 0 Å². The van der Waals surface area contributed by atoms with Crippen molar-refractivity contribution in [3.63, 3.8) is 0 Å². The lowest BCUT2D eigenvalue weighted by atomic mass is 9.75. The van der Waals surface area contributed by atoms with Crippen LogP contribution >= 0.6 is 11.3 Å². The molecule has 1 saturated carbocycles. The Balaban J connectivity index is 2.22. The van der Waals surface area contributed by atoms with E-state index in [4.69, 9.17) is 4.74 Å². The number of thiophene rings is 1. The SMILES string of the molecule is CCOC1(C(O)c2sccc2C)CCC(C)CC1. The zero-order valence-corrected chi connectivity index (χ0v) is 12.4. The number of hydrogen-bond acceptors (Lipinski definition) is 3. The van der Waals surface area contributed by atoms with Crippen molar-refractivity contribution in [2.45, 2.75) is 58.2 Å². The summed E-state index contributed by atoms with van der Waals surface area (Å²) in [6, 6.07) is 2.08. The van der Waals surface area contributed by atoms with Crippen molar-refractivity contribution >= 4 is 11.3 Å². The van der Waals surface area contributed by atoms with Crippen molar-refractivity contribution in [3.8, 4) is 0 Å². The Hall–Kier alpha value is -0.380. The number of aliphatic hydroxyl groups is 1. The summed E-state index contributed by atoms with van der Waals surface area (Å²) in [5.74, 6) is 0.759. The van der Waals surface area contributed by atoms with E-state index in [2.05, 4.69) is 25.3 Å². The first-order valence-corrected chi connectivity index (χ1v) is 7.83. The van der Waals surface area contributed by atoms with Gasteiger partial charge in [-0.15, -0.1) is 11.3 Å². The van der Waals surface area contributed by atoms with Gasteiger partial charge < -0.3 is 9.84 Å². The van der Waals surface area contributed by atoms with Crippen LogP contribution in [0.3, 0.4) is 0 Å². The summed E-state index contributed by atoms with van der Waals surface area (Å²) in [6.07, 6.45) is 3.79. The molecule has 1 aliphatic rings. The minimum absolute atomic E-state index is 0.350. The van der Waals surface area contributed by atoms with Crippen LogP contribution in [0.1, 0.15) is 56.1 Å². The van der Waals surface area contributed by atoms with Gasteiger partial charge in [-0.3, -0.25) is 0 Å². The molecule has 18 heavy (non-hydrogen) atoms. The van der Waals surface area contributed by atoms with Gasteiger partial charge in [0.15, 0.2) is 0 Å². The maximum Gasteiger partial charge on any atom is 0.117 e. The van der Waals surface area contributed by atoms with Gasteiger partial charge in [0.2, 0.25) is 0 Å². The minimum Gasteiger partial charge on any atom is -0.385 e. The number of hydrogen-bond donors (Lipinski definition) is 1. The molecule has 0 radical (unpaired) electrons. The summed E-state index contributed by atoms with van der Waals surface area (Å²) in [6.45, 7) is 7.06. The smallest absolute Gasteiger partial charge is 0.117 e. The lowest BCUT2D eigenvalue weighted by Gasteiger charge is -2.42. The second kappa shape index (κ2) is 5.72. The van der Waals surface area contributed by atoms with E-state index in [1.54, 1.807) is 11.3 Å². The Kier molecular flexibility index (Phi) is 4.46. The molecule has 1 N–H and O–H groups in total. The fraction of sp³-hybridized carbons (Fsp3) is 0.733. The van der Waals surface area contributed by atoms with Crippen LogP contribution in [-0.4, -0.2) is 17.3 Å². The van der Waals surface area contributed by atoms with Gasteiger partial charge in [-0.25, -0.2) is 0 Å².